The van der Waals surface area contributed by atoms with Crippen LogP contribution in [0.4, 0.5) is 0 Å². The van der Waals surface area contributed by atoms with Gasteiger partial charge in [-0.05, 0) is 45.2 Å². The van der Waals surface area contributed by atoms with E-state index in [-0.39, 0.29) is 0 Å². The molecule has 2 aliphatic rings. The molecule has 1 heterocycles. The Kier molecular flexibility index (Phi) is 2.47. The Labute approximate surface area is 69.8 Å². The number of piperidine rings is 1. The lowest BCUT2D eigenvalue weighted by molar-refractivity contribution is 0.184. The molecular weight excluding hydrogens is 134 g/mol. The van der Waals surface area contributed by atoms with E-state index in [9.17, 15) is 0 Å². The van der Waals surface area contributed by atoms with Crippen LogP contribution < -0.4 is 0 Å². The molecule has 1 radical (unpaired) electrons. The quantitative estimate of drug-likeness (QED) is 0.557. The van der Waals surface area contributed by atoms with Crippen LogP contribution in [0.2, 0.25) is 0 Å². The second-order valence-corrected chi connectivity index (χ2v) is 3.84. The van der Waals surface area contributed by atoms with Crippen LogP contribution in [0.1, 0.15) is 38.5 Å². The van der Waals surface area contributed by atoms with E-state index in [1.165, 1.54) is 51.6 Å². The molecule has 0 unspecified atom stereocenters. The van der Waals surface area contributed by atoms with Crippen LogP contribution >= 0.6 is 0 Å². The molecule has 0 amide bonds. The Morgan fingerprint density at radius 3 is 2.27 bits per heavy atom. The van der Waals surface area contributed by atoms with E-state index in [1.807, 2.05) is 0 Å². The van der Waals surface area contributed by atoms with E-state index in [0.29, 0.717) is 0 Å². The van der Waals surface area contributed by atoms with Crippen molar-refractivity contribution >= 4 is 0 Å². The zero-order valence-electron chi connectivity index (χ0n) is 7.26. The zero-order chi connectivity index (χ0) is 7.52. The molecule has 2 rings (SSSR count). The Morgan fingerprint density at radius 1 is 1.00 bits per heavy atom. The summed E-state index contributed by atoms with van der Waals surface area (Å²) in [4.78, 5) is 2.70. The first kappa shape index (κ1) is 7.60. The minimum absolute atomic E-state index is 0.962. The first-order chi connectivity index (χ1) is 5.47. The number of hydrogen-bond acceptors (Lipinski definition) is 1. The summed E-state index contributed by atoms with van der Waals surface area (Å²) in [5, 5.41) is 0. The SMILES string of the molecule is [CH]1CCN(C2CCCC2)CC1. The van der Waals surface area contributed by atoms with Crippen molar-refractivity contribution in [3.63, 3.8) is 0 Å². The number of nitrogens with zero attached hydrogens (tertiary/aromatic N) is 1. The summed E-state index contributed by atoms with van der Waals surface area (Å²) in [6, 6.07) is 0.962. The third-order valence-electron chi connectivity index (χ3n) is 3.08. The van der Waals surface area contributed by atoms with E-state index < -0.39 is 0 Å². The highest BCUT2D eigenvalue weighted by atomic mass is 15.2. The molecule has 2 fully saturated rings. The third kappa shape index (κ3) is 1.76. The fourth-order valence-corrected chi connectivity index (χ4v) is 2.40. The smallest absolute Gasteiger partial charge is 0.00952 e. The van der Waals surface area contributed by atoms with Gasteiger partial charge in [0, 0.05) is 6.04 Å². The Hall–Kier alpha value is -0.0400. The van der Waals surface area contributed by atoms with Crippen LogP contribution in [0.3, 0.4) is 0 Å². The number of rotatable bonds is 1. The maximum atomic E-state index is 2.70. The maximum Gasteiger partial charge on any atom is 0.00952 e. The van der Waals surface area contributed by atoms with Gasteiger partial charge in [0.05, 0.1) is 0 Å². The van der Waals surface area contributed by atoms with Gasteiger partial charge in [-0.15, -0.1) is 0 Å². The minimum Gasteiger partial charge on any atom is -0.300 e. The summed E-state index contributed by atoms with van der Waals surface area (Å²) < 4.78 is 0. The summed E-state index contributed by atoms with van der Waals surface area (Å²) in [6.07, 6.45) is 11.0. The molecule has 11 heavy (non-hydrogen) atoms. The van der Waals surface area contributed by atoms with Crippen LogP contribution in [-0.4, -0.2) is 24.0 Å². The van der Waals surface area contributed by atoms with E-state index >= 15 is 0 Å². The first-order valence-corrected chi connectivity index (χ1v) is 5.02. The molecule has 0 aromatic rings. The van der Waals surface area contributed by atoms with E-state index in [4.69, 9.17) is 0 Å². The Bertz CT molecular complexity index is 110. The maximum absolute atomic E-state index is 2.70. The van der Waals surface area contributed by atoms with Crippen LogP contribution in [0.25, 0.3) is 0 Å². The first-order valence-electron chi connectivity index (χ1n) is 5.02. The normalized spacial score (nSPS) is 29.5. The van der Waals surface area contributed by atoms with Crippen molar-refractivity contribution in [3.05, 3.63) is 6.42 Å². The molecule has 1 nitrogen and oxygen atoms in total. The summed E-state index contributed by atoms with van der Waals surface area (Å²) in [6.45, 7) is 2.68. The van der Waals surface area contributed by atoms with Crippen molar-refractivity contribution in [2.24, 2.45) is 0 Å². The Morgan fingerprint density at radius 2 is 1.64 bits per heavy atom. The molecule has 1 aliphatic heterocycles. The molecule has 1 heteroatoms. The van der Waals surface area contributed by atoms with E-state index in [2.05, 4.69) is 11.3 Å². The highest BCUT2D eigenvalue weighted by Gasteiger charge is 2.23. The topological polar surface area (TPSA) is 3.24 Å². The highest BCUT2D eigenvalue weighted by molar-refractivity contribution is 4.83. The van der Waals surface area contributed by atoms with Crippen molar-refractivity contribution < 1.29 is 0 Å². The van der Waals surface area contributed by atoms with Crippen molar-refractivity contribution in [2.45, 2.75) is 44.6 Å². The lowest BCUT2D eigenvalue weighted by Crippen LogP contribution is -2.37. The van der Waals surface area contributed by atoms with Crippen LogP contribution in [-0.2, 0) is 0 Å². The fourth-order valence-electron chi connectivity index (χ4n) is 2.40. The summed E-state index contributed by atoms with van der Waals surface area (Å²) >= 11 is 0. The van der Waals surface area contributed by atoms with Crippen LogP contribution in [0, 0.1) is 6.42 Å². The molecule has 0 aromatic heterocycles. The van der Waals surface area contributed by atoms with Crippen molar-refractivity contribution in [1.29, 1.82) is 0 Å². The van der Waals surface area contributed by atoms with Gasteiger partial charge in [-0.25, -0.2) is 0 Å². The largest absolute Gasteiger partial charge is 0.300 e. The third-order valence-corrected chi connectivity index (χ3v) is 3.08. The van der Waals surface area contributed by atoms with Crippen LogP contribution in [0.15, 0.2) is 0 Å². The second-order valence-electron chi connectivity index (χ2n) is 3.84. The summed E-state index contributed by atoms with van der Waals surface area (Å²) in [5.41, 5.74) is 0. The number of hydrogen-bond donors (Lipinski definition) is 0. The predicted octanol–water partition coefficient (Wildman–Crippen LogP) is 2.23. The number of likely N-dealkylation sites (tertiary alicyclic amines) is 1. The highest BCUT2D eigenvalue weighted by Crippen LogP contribution is 2.25. The van der Waals surface area contributed by atoms with Gasteiger partial charge in [-0.2, -0.15) is 0 Å². The summed E-state index contributed by atoms with van der Waals surface area (Å²) in [5.74, 6) is 0. The minimum atomic E-state index is 0.962. The molecule has 0 atom stereocenters. The van der Waals surface area contributed by atoms with Crippen molar-refractivity contribution in [1.82, 2.24) is 4.90 Å². The van der Waals surface area contributed by atoms with E-state index in [0.717, 1.165) is 6.04 Å². The van der Waals surface area contributed by atoms with Gasteiger partial charge in [0.2, 0.25) is 0 Å². The predicted molar refractivity (Wildman–Crippen MR) is 47.4 cm³/mol. The molecule has 0 N–H and O–H groups in total. The van der Waals surface area contributed by atoms with Gasteiger partial charge < -0.3 is 4.90 Å². The van der Waals surface area contributed by atoms with Crippen molar-refractivity contribution in [2.75, 3.05) is 13.1 Å². The van der Waals surface area contributed by atoms with E-state index in [1.54, 1.807) is 0 Å². The standard InChI is InChI=1S/C10H18N/c1-4-8-11(9-5-1)10-6-2-3-7-10/h1,10H,2-9H2. The van der Waals surface area contributed by atoms with Gasteiger partial charge in [0.25, 0.3) is 0 Å². The van der Waals surface area contributed by atoms with Gasteiger partial charge in [0.15, 0.2) is 0 Å². The molecule has 1 aliphatic carbocycles. The second kappa shape index (κ2) is 3.57. The molecule has 63 valence electrons. The molecule has 1 saturated heterocycles. The Balaban J connectivity index is 1.82. The molecular formula is C10H18N. The summed E-state index contributed by atoms with van der Waals surface area (Å²) in [7, 11) is 0. The molecule has 0 bridgehead atoms. The lowest BCUT2D eigenvalue weighted by atomic mass is 10.1. The lowest BCUT2D eigenvalue weighted by Gasteiger charge is -2.31. The van der Waals surface area contributed by atoms with Gasteiger partial charge in [0.1, 0.15) is 0 Å². The molecule has 1 saturated carbocycles. The molecule has 0 aromatic carbocycles. The van der Waals surface area contributed by atoms with Crippen LogP contribution in [0.5, 0.6) is 0 Å². The van der Waals surface area contributed by atoms with Crippen molar-refractivity contribution in [3.8, 4) is 0 Å². The zero-order valence-corrected chi connectivity index (χ0v) is 7.26. The van der Waals surface area contributed by atoms with Gasteiger partial charge in [-0.3, -0.25) is 0 Å². The van der Waals surface area contributed by atoms with Gasteiger partial charge in [-0.1, -0.05) is 12.8 Å². The monoisotopic (exact) mass is 152 g/mol. The average Bonchev–Trinajstić information content (AvgIpc) is 2.58. The molecule has 0 spiro atoms. The van der Waals surface area contributed by atoms with Gasteiger partial charge >= 0.3 is 0 Å². The average molecular weight is 152 g/mol. The fraction of sp³-hybridized carbons (Fsp3) is 0.900.